The molecule has 0 aromatic carbocycles. The molecule has 2 rings (SSSR count). The molecule has 15 heavy (non-hydrogen) atoms. The molecular weight excluding hydrogens is 214 g/mol. The van der Waals surface area contributed by atoms with Gasteiger partial charge in [0.15, 0.2) is 0 Å². The first-order valence-corrected chi connectivity index (χ1v) is 6.18. The van der Waals surface area contributed by atoms with Gasteiger partial charge in [-0.3, -0.25) is 4.79 Å². The van der Waals surface area contributed by atoms with Crippen LogP contribution in [0.3, 0.4) is 0 Å². The monoisotopic (exact) mass is 231 g/mol. The van der Waals surface area contributed by atoms with Crippen molar-refractivity contribution in [3.05, 3.63) is 0 Å². The lowest BCUT2D eigenvalue weighted by Crippen LogP contribution is -2.45. The third kappa shape index (κ3) is 2.13. The van der Waals surface area contributed by atoms with Gasteiger partial charge in [0.05, 0.1) is 0 Å². The maximum atomic E-state index is 12.2. The topological polar surface area (TPSA) is 29.5 Å². The minimum atomic E-state index is -0.554. The van der Waals surface area contributed by atoms with E-state index in [4.69, 9.17) is 16.3 Å². The van der Waals surface area contributed by atoms with Gasteiger partial charge in [-0.2, -0.15) is 0 Å². The molecule has 3 nitrogen and oxygen atoms in total. The summed E-state index contributed by atoms with van der Waals surface area (Å²) in [6.07, 6.45) is 2.88. The molecule has 0 aromatic heterocycles. The normalized spacial score (nSPS) is 36.1. The quantitative estimate of drug-likeness (QED) is 0.677. The van der Waals surface area contributed by atoms with Crippen LogP contribution in [0.2, 0.25) is 0 Å². The predicted molar refractivity (Wildman–Crippen MR) is 59.0 cm³/mol. The van der Waals surface area contributed by atoms with Crippen LogP contribution in [-0.4, -0.2) is 42.0 Å². The number of nitrogens with zero attached hydrogens (tertiary/aromatic N) is 1. The summed E-state index contributed by atoms with van der Waals surface area (Å²) >= 11 is 5.80. The van der Waals surface area contributed by atoms with E-state index in [-0.39, 0.29) is 5.91 Å². The van der Waals surface area contributed by atoms with Crippen molar-refractivity contribution < 1.29 is 9.53 Å². The van der Waals surface area contributed by atoms with Crippen LogP contribution in [0, 0.1) is 5.92 Å². The molecule has 0 aromatic rings. The number of amides is 1. The Hall–Kier alpha value is -0.280. The molecule has 0 aliphatic carbocycles. The molecular formula is C11H18ClNO2. The second-order valence-corrected chi connectivity index (χ2v) is 5.05. The predicted octanol–water partition coefficient (Wildman–Crippen LogP) is 1.64. The number of ether oxygens (including phenoxy) is 1. The number of carbonyl (C=O) groups excluding carboxylic acids is 1. The number of alkyl halides is 1. The third-order valence-corrected chi connectivity index (χ3v) is 3.90. The molecule has 1 amide bonds. The lowest BCUT2D eigenvalue weighted by molar-refractivity contribution is -0.149. The third-order valence-electron chi connectivity index (χ3n) is 3.46. The number of hydrogen-bond acceptors (Lipinski definition) is 2. The van der Waals surface area contributed by atoms with Gasteiger partial charge in [-0.05, 0) is 32.1 Å². The summed E-state index contributed by atoms with van der Waals surface area (Å²) in [5.41, 5.74) is -0.554. The van der Waals surface area contributed by atoms with Crippen molar-refractivity contribution in [2.24, 2.45) is 5.92 Å². The maximum Gasteiger partial charge on any atom is 0.254 e. The Kier molecular flexibility index (Phi) is 3.21. The minimum Gasteiger partial charge on any atom is -0.365 e. The summed E-state index contributed by atoms with van der Waals surface area (Å²) in [6, 6.07) is 0. The highest BCUT2D eigenvalue weighted by Gasteiger charge is 2.42. The van der Waals surface area contributed by atoms with Crippen molar-refractivity contribution in [3.63, 3.8) is 0 Å². The summed E-state index contributed by atoms with van der Waals surface area (Å²) in [4.78, 5) is 14.1. The van der Waals surface area contributed by atoms with Crippen LogP contribution < -0.4 is 0 Å². The molecule has 0 radical (unpaired) electrons. The van der Waals surface area contributed by atoms with Crippen molar-refractivity contribution in [1.82, 2.24) is 4.90 Å². The first kappa shape index (κ1) is 11.2. The van der Waals surface area contributed by atoms with Crippen LogP contribution in [0.25, 0.3) is 0 Å². The molecule has 2 fully saturated rings. The highest BCUT2D eigenvalue weighted by atomic mass is 35.5. The summed E-state index contributed by atoms with van der Waals surface area (Å²) in [6.45, 7) is 4.28. The number of halogens is 1. The number of rotatable bonds is 2. The molecule has 2 heterocycles. The molecule has 86 valence electrons. The average Bonchev–Trinajstić information content (AvgIpc) is 2.85. The fourth-order valence-electron chi connectivity index (χ4n) is 2.43. The van der Waals surface area contributed by atoms with E-state index in [0.29, 0.717) is 11.8 Å². The van der Waals surface area contributed by atoms with Crippen LogP contribution in [0.4, 0.5) is 0 Å². The van der Waals surface area contributed by atoms with Gasteiger partial charge in [0.2, 0.25) is 0 Å². The summed E-state index contributed by atoms with van der Waals surface area (Å²) in [5, 5.41) is 0. The zero-order valence-electron chi connectivity index (χ0n) is 9.17. The second-order valence-electron chi connectivity index (χ2n) is 4.74. The van der Waals surface area contributed by atoms with Crippen LogP contribution >= 0.6 is 11.6 Å². The lowest BCUT2D eigenvalue weighted by atomic mass is 10.0. The Labute approximate surface area is 95.7 Å². The van der Waals surface area contributed by atoms with E-state index in [0.717, 1.165) is 39.0 Å². The van der Waals surface area contributed by atoms with Crippen molar-refractivity contribution >= 4 is 17.5 Å². The van der Waals surface area contributed by atoms with Crippen molar-refractivity contribution in [2.45, 2.75) is 31.8 Å². The Morgan fingerprint density at radius 2 is 2.47 bits per heavy atom. The standard InChI is InChI=1S/C11H18ClNO2/c1-11(4-2-6-15-11)10(14)13-5-3-9(7-12)8-13/h9H,2-8H2,1H3. The van der Waals surface area contributed by atoms with Gasteiger partial charge in [0, 0.05) is 25.6 Å². The summed E-state index contributed by atoms with van der Waals surface area (Å²) in [7, 11) is 0. The van der Waals surface area contributed by atoms with E-state index >= 15 is 0 Å². The van der Waals surface area contributed by atoms with E-state index < -0.39 is 5.60 Å². The number of likely N-dealkylation sites (tertiary alicyclic amines) is 1. The van der Waals surface area contributed by atoms with Crippen LogP contribution in [0.1, 0.15) is 26.2 Å². The minimum absolute atomic E-state index is 0.160. The highest BCUT2D eigenvalue weighted by Crippen LogP contribution is 2.29. The first-order valence-electron chi connectivity index (χ1n) is 5.65. The zero-order chi connectivity index (χ0) is 10.9. The average molecular weight is 232 g/mol. The molecule has 2 saturated heterocycles. The molecule has 0 saturated carbocycles. The van der Waals surface area contributed by atoms with E-state index in [9.17, 15) is 4.79 Å². The molecule has 2 aliphatic heterocycles. The Morgan fingerprint density at radius 3 is 3.00 bits per heavy atom. The van der Waals surface area contributed by atoms with Gasteiger partial charge in [-0.1, -0.05) is 0 Å². The van der Waals surface area contributed by atoms with Crippen LogP contribution in [0.5, 0.6) is 0 Å². The SMILES string of the molecule is CC1(C(=O)N2CCC(CCl)C2)CCCO1. The molecule has 2 aliphatic rings. The van der Waals surface area contributed by atoms with Gasteiger partial charge in [0.25, 0.3) is 5.91 Å². The molecule has 0 bridgehead atoms. The van der Waals surface area contributed by atoms with E-state index in [2.05, 4.69) is 0 Å². The number of hydrogen-bond donors (Lipinski definition) is 0. The molecule has 0 spiro atoms. The van der Waals surface area contributed by atoms with Gasteiger partial charge < -0.3 is 9.64 Å². The van der Waals surface area contributed by atoms with Crippen LogP contribution in [0.15, 0.2) is 0 Å². The van der Waals surface area contributed by atoms with Gasteiger partial charge in [-0.25, -0.2) is 0 Å². The van der Waals surface area contributed by atoms with Gasteiger partial charge in [-0.15, -0.1) is 11.6 Å². The molecule has 0 N–H and O–H groups in total. The van der Waals surface area contributed by atoms with Crippen molar-refractivity contribution in [3.8, 4) is 0 Å². The summed E-state index contributed by atoms with van der Waals surface area (Å²) < 4.78 is 5.56. The van der Waals surface area contributed by atoms with Gasteiger partial charge >= 0.3 is 0 Å². The van der Waals surface area contributed by atoms with Gasteiger partial charge in [0.1, 0.15) is 5.60 Å². The fraction of sp³-hybridized carbons (Fsp3) is 0.909. The number of carbonyl (C=O) groups is 1. The Morgan fingerprint density at radius 1 is 1.67 bits per heavy atom. The van der Waals surface area contributed by atoms with Crippen LogP contribution in [-0.2, 0) is 9.53 Å². The molecule has 2 atom stereocenters. The second kappa shape index (κ2) is 4.30. The summed E-state index contributed by atoms with van der Waals surface area (Å²) in [5.74, 6) is 1.29. The first-order chi connectivity index (χ1) is 7.15. The van der Waals surface area contributed by atoms with E-state index in [1.165, 1.54) is 0 Å². The van der Waals surface area contributed by atoms with E-state index in [1.54, 1.807) is 0 Å². The van der Waals surface area contributed by atoms with Crippen molar-refractivity contribution in [1.29, 1.82) is 0 Å². The lowest BCUT2D eigenvalue weighted by Gasteiger charge is -2.28. The molecule has 2 unspecified atom stereocenters. The highest BCUT2D eigenvalue weighted by molar-refractivity contribution is 6.18. The Bertz CT molecular complexity index is 251. The van der Waals surface area contributed by atoms with E-state index in [1.807, 2.05) is 11.8 Å². The smallest absolute Gasteiger partial charge is 0.254 e. The Balaban J connectivity index is 1.96. The largest absolute Gasteiger partial charge is 0.365 e. The van der Waals surface area contributed by atoms with Crippen molar-refractivity contribution in [2.75, 3.05) is 25.6 Å². The zero-order valence-corrected chi connectivity index (χ0v) is 9.92. The fourth-order valence-corrected chi connectivity index (χ4v) is 2.68. The molecule has 4 heteroatoms. The maximum absolute atomic E-state index is 12.2.